The van der Waals surface area contributed by atoms with E-state index in [9.17, 15) is 4.79 Å². The first-order valence-corrected chi connectivity index (χ1v) is 7.57. The maximum absolute atomic E-state index is 12.2. The monoisotopic (exact) mass is 282 g/mol. The molecule has 1 rings (SSSR count). The minimum Gasteiger partial charge on any atom is -0.396 e. The van der Waals surface area contributed by atoms with Gasteiger partial charge in [-0.2, -0.15) is 0 Å². The predicted octanol–water partition coefficient (Wildman–Crippen LogP) is 2.33. The van der Waals surface area contributed by atoms with Crippen molar-refractivity contribution in [2.24, 2.45) is 5.92 Å². The minimum absolute atomic E-state index is 0.00653. The van der Waals surface area contributed by atoms with Crippen LogP contribution in [0.3, 0.4) is 0 Å². The van der Waals surface area contributed by atoms with Gasteiger partial charge in [0.2, 0.25) is 0 Å². The van der Waals surface area contributed by atoms with E-state index in [1.807, 2.05) is 13.8 Å². The van der Waals surface area contributed by atoms with Crippen LogP contribution in [0.4, 0.5) is 0 Å². The molecule has 0 spiro atoms. The number of carbonyl (C=O) groups excluding carboxylic acids is 1. The molecule has 0 aliphatic carbocycles. The Morgan fingerprint density at radius 3 is 2.84 bits per heavy atom. The highest BCUT2D eigenvalue weighted by molar-refractivity contribution is 7.99. The fourth-order valence-corrected chi connectivity index (χ4v) is 2.38. The van der Waals surface area contributed by atoms with Crippen LogP contribution in [0.15, 0.2) is 23.4 Å². The lowest BCUT2D eigenvalue weighted by molar-refractivity contribution is 0.0916. The average Bonchev–Trinajstić information content (AvgIpc) is 2.38. The number of hydrogen-bond donors (Lipinski definition) is 2. The first-order valence-electron chi connectivity index (χ1n) is 6.59. The van der Waals surface area contributed by atoms with Gasteiger partial charge in [-0.25, -0.2) is 4.98 Å². The number of aliphatic hydroxyl groups is 1. The van der Waals surface area contributed by atoms with E-state index < -0.39 is 0 Å². The topological polar surface area (TPSA) is 62.2 Å². The van der Waals surface area contributed by atoms with E-state index in [1.54, 1.807) is 30.1 Å². The SMILES string of the molecule is CCSc1cc(C(=O)NC(CCO)C(C)C)ccn1. The van der Waals surface area contributed by atoms with Crippen LogP contribution < -0.4 is 5.32 Å². The summed E-state index contributed by atoms with van der Waals surface area (Å²) in [4.78, 5) is 16.4. The number of aliphatic hydroxyl groups excluding tert-OH is 1. The summed E-state index contributed by atoms with van der Waals surface area (Å²) in [5, 5.41) is 12.8. The quantitative estimate of drug-likeness (QED) is 0.754. The maximum atomic E-state index is 12.2. The van der Waals surface area contributed by atoms with Crippen molar-refractivity contribution in [1.82, 2.24) is 10.3 Å². The molecule has 0 radical (unpaired) electrons. The van der Waals surface area contributed by atoms with E-state index in [0.29, 0.717) is 17.9 Å². The Kier molecular flexibility index (Phi) is 6.87. The number of rotatable bonds is 7. The molecule has 2 N–H and O–H groups in total. The van der Waals surface area contributed by atoms with Gasteiger partial charge in [-0.15, -0.1) is 11.8 Å². The maximum Gasteiger partial charge on any atom is 0.251 e. The Hall–Kier alpha value is -1.07. The van der Waals surface area contributed by atoms with Crippen molar-refractivity contribution in [3.05, 3.63) is 23.9 Å². The van der Waals surface area contributed by atoms with Gasteiger partial charge in [-0.1, -0.05) is 20.8 Å². The summed E-state index contributed by atoms with van der Waals surface area (Å²) < 4.78 is 0. The third-order valence-electron chi connectivity index (χ3n) is 2.85. The Morgan fingerprint density at radius 1 is 1.53 bits per heavy atom. The summed E-state index contributed by atoms with van der Waals surface area (Å²) in [5.74, 6) is 1.12. The number of thioether (sulfide) groups is 1. The molecular weight excluding hydrogens is 260 g/mol. The Bertz CT molecular complexity index is 410. The van der Waals surface area contributed by atoms with Gasteiger partial charge in [-0.05, 0) is 30.2 Å². The van der Waals surface area contributed by atoms with Crippen molar-refractivity contribution in [1.29, 1.82) is 0 Å². The number of nitrogens with one attached hydrogen (secondary N) is 1. The zero-order chi connectivity index (χ0) is 14.3. The van der Waals surface area contributed by atoms with Gasteiger partial charge in [0.15, 0.2) is 0 Å². The van der Waals surface area contributed by atoms with Crippen molar-refractivity contribution in [2.45, 2.75) is 38.3 Å². The third kappa shape index (κ3) is 5.20. The van der Waals surface area contributed by atoms with Crippen molar-refractivity contribution in [2.75, 3.05) is 12.4 Å². The molecule has 4 nitrogen and oxygen atoms in total. The van der Waals surface area contributed by atoms with Gasteiger partial charge in [0.05, 0.1) is 5.03 Å². The molecule has 0 saturated carbocycles. The standard InChI is InChI=1S/C14H22N2O2S/c1-4-19-13-9-11(5-7-15-13)14(18)16-12(6-8-17)10(2)3/h5,7,9-10,12,17H,4,6,8H2,1-3H3,(H,16,18). The fraction of sp³-hybridized carbons (Fsp3) is 0.571. The largest absolute Gasteiger partial charge is 0.396 e. The summed E-state index contributed by atoms with van der Waals surface area (Å²) >= 11 is 1.61. The van der Waals surface area contributed by atoms with Crippen molar-refractivity contribution < 1.29 is 9.90 Å². The van der Waals surface area contributed by atoms with E-state index in [1.165, 1.54) is 0 Å². The van der Waals surface area contributed by atoms with Crippen molar-refractivity contribution in [3.8, 4) is 0 Å². The zero-order valence-electron chi connectivity index (χ0n) is 11.7. The number of aromatic nitrogens is 1. The van der Waals surface area contributed by atoms with Gasteiger partial charge in [0, 0.05) is 24.4 Å². The van der Waals surface area contributed by atoms with E-state index in [0.717, 1.165) is 10.8 Å². The highest BCUT2D eigenvalue weighted by Gasteiger charge is 2.16. The van der Waals surface area contributed by atoms with Gasteiger partial charge < -0.3 is 10.4 Å². The lowest BCUT2D eigenvalue weighted by Crippen LogP contribution is -2.39. The minimum atomic E-state index is -0.104. The lowest BCUT2D eigenvalue weighted by Gasteiger charge is -2.21. The Morgan fingerprint density at radius 2 is 2.26 bits per heavy atom. The second-order valence-electron chi connectivity index (χ2n) is 4.65. The van der Waals surface area contributed by atoms with Gasteiger partial charge in [0.25, 0.3) is 5.91 Å². The molecule has 0 fully saturated rings. The molecule has 1 amide bonds. The molecule has 106 valence electrons. The van der Waals surface area contributed by atoms with Crippen LogP contribution >= 0.6 is 11.8 Å². The van der Waals surface area contributed by atoms with Crippen molar-refractivity contribution >= 4 is 17.7 Å². The number of hydrogen-bond acceptors (Lipinski definition) is 4. The summed E-state index contributed by atoms with van der Waals surface area (Å²) in [6.45, 7) is 6.20. The van der Waals surface area contributed by atoms with Gasteiger partial charge in [-0.3, -0.25) is 4.79 Å². The number of amides is 1. The second kappa shape index (κ2) is 8.17. The first-order chi connectivity index (χ1) is 9.08. The zero-order valence-corrected chi connectivity index (χ0v) is 12.5. The summed E-state index contributed by atoms with van der Waals surface area (Å²) in [7, 11) is 0. The molecule has 1 unspecified atom stereocenters. The van der Waals surface area contributed by atoms with E-state index >= 15 is 0 Å². The van der Waals surface area contributed by atoms with E-state index in [2.05, 4.69) is 17.2 Å². The molecule has 1 aromatic heterocycles. The summed E-state index contributed by atoms with van der Waals surface area (Å²) in [5.41, 5.74) is 0.620. The van der Waals surface area contributed by atoms with Crippen LogP contribution in [0.1, 0.15) is 37.6 Å². The van der Waals surface area contributed by atoms with Gasteiger partial charge in [0.1, 0.15) is 0 Å². The molecule has 0 bridgehead atoms. The first kappa shape index (κ1) is 16.0. The molecule has 1 aromatic rings. The Balaban J connectivity index is 2.73. The van der Waals surface area contributed by atoms with Crippen molar-refractivity contribution in [3.63, 3.8) is 0 Å². The molecule has 5 heteroatoms. The van der Waals surface area contributed by atoms with Crippen LogP contribution in [-0.2, 0) is 0 Å². The lowest BCUT2D eigenvalue weighted by atomic mass is 10.0. The molecule has 0 saturated heterocycles. The highest BCUT2D eigenvalue weighted by Crippen LogP contribution is 2.16. The highest BCUT2D eigenvalue weighted by atomic mass is 32.2. The van der Waals surface area contributed by atoms with E-state index in [-0.39, 0.29) is 18.6 Å². The second-order valence-corrected chi connectivity index (χ2v) is 5.94. The summed E-state index contributed by atoms with van der Waals surface area (Å²) in [6.07, 6.45) is 2.23. The molecule has 1 atom stereocenters. The number of nitrogens with zero attached hydrogens (tertiary/aromatic N) is 1. The van der Waals surface area contributed by atoms with Crippen LogP contribution in [0, 0.1) is 5.92 Å². The molecule has 0 aromatic carbocycles. The third-order valence-corrected chi connectivity index (χ3v) is 3.66. The Labute approximate surface area is 119 Å². The normalized spacial score (nSPS) is 12.5. The molecule has 1 heterocycles. The number of carbonyl (C=O) groups is 1. The van der Waals surface area contributed by atoms with E-state index in [4.69, 9.17) is 5.11 Å². The fourth-order valence-electron chi connectivity index (χ4n) is 1.74. The number of pyridine rings is 1. The molecule has 0 aliphatic rings. The average molecular weight is 282 g/mol. The van der Waals surface area contributed by atoms with Crippen LogP contribution in [0.25, 0.3) is 0 Å². The molecule has 19 heavy (non-hydrogen) atoms. The smallest absolute Gasteiger partial charge is 0.251 e. The van der Waals surface area contributed by atoms with Gasteiger partial charge >= 0.3 is 0 Å². The van der Waals surface area contributed by atoms with Crippen LogP contribution in [0.5, 0.6) is 0 Å². The predicted molar refractivity (Wildman–Crippen MR) is 78.4 cm³/mol. The molecular formula is C14H22N2O2S. The molecule has 0 aliphatic heterocycles. The van der Waals surface area contributed by atoms with Crippen LogP contribution in [0.2, 0.25) is 0 Å². The summed E-state index contributed by atoms with van der Waals surface area (Å²) in [6, 6.07) is 3.51. The van der Waals surface area contributed by atoms with Crippen LogP contribution in [-0.4, -0.2) is 34.4 Å².